The van der Waals surface area contributed by atoms with Crippen LogP contribution in [0.5, 0.6) is 0 Å². The molecule has 0 amide bonds. The summed E-state index contributed by atoms with van der Waals surface area (Å²) in [6.45, 7) is 2.62. The van der Waals surface area contributed by atoms with Crippen LogP contribution in [0.1, 0.15) is 38.5 Å². The van der Waals surface area contributed by atoms with Crippen LogP contribution in [0.15, 0.2) is 0 Å². The summed E-state index contributed by atoms with van der Waals surface area (Å²) in [6, 6.07) is 0. The minimum Gasteiger partial charge on any atom is -0.306 e. The first-order valence-electron chi connectivity index (χ1n) is 5.57. The van der Waals surface area contributed by atoms with Crippen molar-refractivity contribution in [2.45, 2.75) is 38.5 Å². The molecule has 2 heteroatoms. The summed E-state index contributed by atoms with van der Waals surface area (Å²) >= 11 is 3.47. The van der Waals surface area contributed by atoms with Gasteiger partial charge in [0.1, 0.15) is 0 Å². The number of rotatable bonds is 6. The molecular formula is C11H22BrN. The molecule has 1 rings (SSSR count). The lowest BCUT2D eigenvalue weighted by atomic mass is 10.1. The van der Waals surface area contributed by atoms with Crippen LogP contribution >= 0.6 is 15.9 Å². The second kappa shape index (κ2) is 6.83. The first kappa shape index (κ1) is 11.5. The van der Waals surface area contributed by atoms with Gasteiger partial charge < -0.3 is 4.90 Å². The number of alkyl halides is 1. The van der Waals surface area contributed by atoms with Crippen molar-refractivity contribution in [1.82, 2.24) is 4.90 Å². The van der Waals surface area contributed by atoms with Gasteiger partial charge in [0.25, 0.3) is 0 Å². The van der Waals surface area contributed by atoms with Gasteiger partial charge in [-0.15, -0.1) is 0 Å². The second-order valence-electron chi connectivity index (χ2n) is 4.31. The summed E-state index contributed by atoms with van der Waals surface area (Å²) < 4.78 is 0. The average molecular weight is 248 g/mol. The van der Waals surface area contributed by atoms with E-state index in [1.807, 2.05) is 0 Å². The van der Waals surface area contributed by atoms with Crippen molar-refractivity contribution in [1.29, 1.82) is 0 Å². The summed E-state index contributed by atoms with van der Waals surface area (Å²) in [5.41, 5.74) is 0. The molecule has 78 valence electrons. The Balaban J connectivity index is 1.99. The van der Waals surface area contributed by atoms with E-state index < -0.39 is 0 Å². The van der Waals surface area contributed by atoms with Gasteiger partial charge in [0.15, 0.2) is 0 Å². The molecule has 0 N–H and O–H groups in total. The summed E-state index contributed by atoms with van der Waals surface area (Å²) in [5, 5.41) is 1.16. The molecule has 0 bridgehead atoms. The molecule has 0 spiro atoms. The lowest BCUT2D eigenvalue weighted by Crippen LogP contribution is -2.25. The van der Waals surface area contributed by atoms with E-state index in [1.54, 1.807) is 0 Å². The zero-order chi connectivity index (χ0) is 9.52. The van der Waals surface area contributed by atoms with Gasteiger partial charge in [-0.3, -0.25) is 0 Å². The molecule has 0 aromatic carbocycles. The largest absolute Gasteiger partial charge is 0.306 e. The zero-order valence-electron chi connectivity index (χ0n) is 8.77. The molecule has 0 saturated heterocycles. The van der Waals surface area contributed by atoms with Crippen molar-refractivity contribution >= 4 is 15.9 Å². The van der Waals surface area contributed by atoms with E-state index in [-0.39, 0.29) is 0 Å². The molecular weight excluding hydrogens is 226 g/mol. The van der Waals surface area contributed by atoms with Crippen molar-refractivity contribution in [2.75, 3.05) is 25.5 Å². The number of unbranched alkanes of at least 4 members (excludes halogenated alkanes) is 1. The Morgan fingerprint density at radius 2 is 1.92 bits per heavy atom. The fourth-order valence-corrected chi connectivity index (χ4v) is 2.60. The van der Waals surface area contributed by atoms with Crippen LogP contribution in [0.3, 0.4) is 0 Å². The third-order valence-corrected chi connectivity index (χ3v) is 3.53. The Labute approximate surface area is 91.0 Å². The summed E-state index contributed by atoms with van der Waals surface area (Å²) in [6.07, 6.45) is 8.55. The predicted molar refractivity (Wildman–Crippen MR) is 62.5 cm³/mol. The van der Waals surface area contributed by atoms with Crippen LogP contribution in [-0.4, -0.2) is 30.4 Å². The smallest absolute Gasteiger partial charge is 0.00317 e. The molecule has 0 aliphatic heterocycles. The Hall–Kier alpha value is 0.440. The Morgan fingerprint density at radius 3 is 2.54 bits per heavy atom. The molecule has 1 saturated carbocycles. The highest BCUT2D eigenvalue weighted by molar-refractivity contribution is 9.09. The van der Waals surface area contributed by atoms with Gasteiger partial charge in [-0.2, -0.15) is 0 Å². The average Bonchev–Trinajstić information content (AvgIpc) is 2.57. The van der Waals surface area contributed by atoms with Gasteiger partial charge >= 0.3 is 0 Å². The highest BCUT2D eigenvalue weighted by Gasteiger charge is 2.16. The minimum atomic E-state index is 1.01. The molecule has 0 radical (unpaired) electrons. The topological polar surface area (TPSA) is 3.24 Å². The molecule has 1 nitrogen and oxygen atoms in total. The quantitative estimate of drug-likeness (QED) is 0.515. The third kappa shape index (κ3) is 5.02. The first-order chi connectivity index (χ1) is 6.33. The number of nitrogens with zero attached hydrogens (tertiary/aromatic N) is 1. The van der Waals surface area contributed by atoms with E-state index in [9.17, 15) is 0 Å². The lowest BCUT2D eigenvalue weighted by molar-refractivity contribution is 0.275. The second-order valence-corrected chi connectivity index (χ2v) is 5.10. The zero-order valence-corrected chi connectivity index (χ0v) is 10.4. The van der Waals surface area contributed by atoms with E-state index in [1.165, 1.54) is 51.6 Å². The van der Waals surface area contributed by atoms with Gasteiger partial charge in [-0.25, -0.2) is 0 Å². The maximum Gasteiger partial charge on any atom is 0.00317 e. The SMILES string of the molecule is CN(CCCCBr)CC1CCCC1. The van der Waals surface area contributed by atoms with Gasteiger partial charge in [0.2, 0.25) is 0 Å². The molecule has 1 fully saturated rings. The van der Waals surface area contributed by atoms with E-state index in [0.29, 0.717) is 0 Å². The van der Waals surface area contributed by atoms with Crippen LogP contribution in [0.25, 0.3) is 0 Å². The van der Waals surface area contributed by atoms with E-state index in [0.717, 1.165) is 11.2 Å². The van der Waals surface area contributed by atoms with Crippen LogP contribution in [0, 0.1) is 5.92 Å². The molecule has 13 heavy (non-hydrogen) atoms. The molecule has 0 aromatic rings. The van der Waals surface area contributed by atoms with Gasteiger partial charge in [-0.05, 0) is 45.2 Å². The monoisotopic (exact) mass is 247 g/mol. The number of halogens is 1. The number of hydrogen-bond acceptors (Lipinski definition) is 1. The van der Waals surface area contributed by atoms with Crippen LogP contribution in [0.2, 0.25) is 0 Å². The molecule has 0 atom stereocenters. The Kier molecular flexibility index (Phi) is 6.05. The van der Waals surface area contributed by atoms with E-state index >= 15 is 0 Å². The lowest BCUT2D eigenvalue weighted by Gasteiger charge is -2.20. The van der Waals surface area contributed by atoms with Crippen molar-refractivity contribution in [3.8, 4) is 0 Å². The minimum absolute atomic E-state index is 1.01. The van der Waals surface area contributed by atoms with Crippen molar-refractivity contribution in [3.05, 3.63) is 0 Å². The maximum absolute atomic E-state index is 3.47. The fraction of sp³-hybridized carbons (Fsp3) is 1.00. The van der Waals surface area contributed by atoms with Crippen LogP contribution in [-0.2, 0) is 0 Å². The van der Waals surface area contributed by atoms with Crippen LogP contribution < -0.4 is 0 Å². The van der Waals surface area contributed by atoms with Gasteiger partial charge in [0, 0.05) is 11.9 Å². The highest BCUT2D eigenvalue weighted by atomic mass is 79.9. The summed E-state index contributed by atoms with van der Waals surface area (Å²) in [7, 11) is 2.27. The molecule has 1 aliphatic rings. The Morgan fingerprint density at radius 1 is 1.23 bits per heavy atom. The maximum atomic E-state index is 3.47. The van der Waals surface area contributed by atoms with E-state index in [2.05, 4.69) is 27.9 Å². The number of hydrogen-bond donors (Lipinski definition) is 0. The normalized spacial score (nSPS) is 18.7. The van der Waals surface area contributed by atoms with Crippen LogP contribution in [0.4, 0.5) is 0 Å². The standard InChI is InChI=1S/C11H22BrN/c1-13(9-5-4-8-12)10-11-6-2-3-7-11/h11H,2-10H2,1H3. The van der Waals surface area contributed by atoms with E-state index in [4.69, 9.17) is 0 Å². The molecule has 1 aliphatic carbocycles. The third-order valence-electron chi connectivity index (χ3n) is 2.97. The molecule has 0 heterocycles. The Bertz CT molecular complexity index is 121. The predicted octanol–water partition coefficient (Wildman–Crippen LogP) is 3.28. The fourth-order valence-electron chi connectivity index (χ4n) is 2.20. The summed E-state index contributed by atoms with van der Waals surface area (Å²) in [4.78, 5) is 2.51. The van der Waals surface area contributed by atoms with Crippen molar-refractivity contribution < 1.29 is 0 Å². The summed E-state index contributed by atoms with van der Waals surface area (Å²) in [5.74, 6) is 1.01. The first-order valence-corrected chi connectivity index (χ1v) is 6.69. The van der Waals surface area contributed by atoms with Gasteiger partial charge in [0.05, 0.1) is 0 Å². The van der Waals surface area contributed by atoms with Crippen molar-refractivity contribution in [3.63, 3.8) is 0 Å². The van der Waals surface area contributed by atoms with Gasteiger partial charge in [-0.1, -0.05) is 28.8 Å². The highest BCUT2D eigenvalue weighted by Crippen LogP contribution is 2.25. The molecule has 0 aromatic heterocycles. The van der Waals surface area contributed by atoms with Crippen molar-refractivity contribution in [2.24, 2.45) is 5.92 Å². The molecule has 0 unspecified atom stereocenters.